The number of fused-ring (bicyclic) bond motifs is 7. The van der Waals surface area contributed by atoms with Crippen LogP contribution in [-0.2, 0) is 0 Å². The summed E-state index contributed by atoms with van der Waals surface area (Å²) in [5.74, 6) is 3.88. The Morgan fingerprint density at radius 2 is 1.48 bits per heavy atom. The van der Waals surface area contributed by atoms with Gasteiger partial charge in [-0.15, -0.1) is 0 Å². The highest BCUT2D eigenvalue weighted by Gasteiger charge is 2.69. The van der Waals surface area contributed by atoms with Gasteiger partial charge in [0.25, 0.3) is 0 Å². The molecule has 5 aliphatic rings. The summed E-state index contributed by atoms with van der Waals surface area (Å²) in [6.45, 7) is 22.6. The Balaban J connectivity index is 1.54. The monoisotopic (exact) mass is 426 g/mol. The lowest BCUT2D eigenvalue weighted by Gasteiger charge is -2.73. The maximum absolute atomic E-state index is 10.9. The fraction of sp³-hybridized carbons (Fsp3) is 0.933. The second kappa shape index (κ2) is 6.64. The molecule has 5 aliphatic carbocycles. The van der Waals surface area contributed by atoms with Crippen LogP contribution in [0.3, 0.4) is 0 Å². The average molecular weight is 427 g/mol. The van der Waals surface area contributed by atoms with Crippen LogP contribution in [0.15, 0.2) is 12.2 Å². The molecule has 1 nitrogen and oxygen atoms in total. The number of aliphatic hydroxyl groups excluding tert-OH is 1. The van der Waals surface area contributed by atoms with Crippen molar-refractivity contribution >= 4 is 0 Å². The number of aliphatic hydroxyl groups is 1. The summed E-state index contributed by atoms with van der Waals surface area (Å²) in [4.78, 5) is 0. The SMILES string of the molecule is C=C1CC[C@]2(C)CC[C@]3(C)[C@H](CC[C@H]4[C@]5(C)CC[C@H](O)C(C)(C)[C@@H]5CC[C@]43C)[C@H]2[C@@H]1C. The Bertz CT molecular complexity index is 766. The van der Waals surface area contributed by atoms with Gasteiger partial charge in [-0.05, 0) is 121 Å². The van der Waals surface area contributed by atoms with Crippen molar-refractivity contribution in [2.24, 2.45) is 56.7 Å². The molecule has 1 heteroatoms. The lowest BCUT2D eigenvalue weighted by atomic mass is 9.31. The minimum atomic E-state index is -0.119. The molecule has 176 valence electrons. The summed E-state index contributed by atoms with van der Waals surface area (Å²) in [6, 6.07) is 0. The van der Waals surface area contributed by atoms with Gasteiger partial charge >= 0.3 is 0 Å². The predicted molar refractivity (Wildman–Crippen MR) is 131 cm³/mol. The van der Waals surface area contributed by atoms with Crippen LogP contribution < -0.4 is 0 Å². The van der Waals surface area contributed by atoms with E-state index in [0.29, 0.717) is 33.5 Å². The van der Waals surface area contributed by atoms with E-state index in [1.165, 1.54) is 63.4 Å². The van der Waals surface area contributed by atoms with Crippen molar-refractivity contribution in [1.29, 1.82) is 0 Å². The molecule has 0 aromatic rings. The first-order valence-corrected chi connectivity index (χ1v) is 13.7. The summed E-state index contributed by atoms with van der Waals surface area (Å²) >= 11 is 0. The van der Waals surface area contributed by atoms with Crippen LogP contribution in [0, 0.1) is 56.7 Å². The molecule has 0 saturated heterocycles. The third-order valence-electron chi connectivity index (χ3n) is 13.6. The van der Waals surface area contributed by atoms with Crippen molar-refractivity contribution in [2.75, 3.05) is 0 Å². The molecule has 5 saturated carbocycles. The van der Waals surface area contributed by atoms with Crippen LogP contribution in [0.4, 0.5) is 0 Å². The highest BCUT2D eigenvalue weighted by molar-refractivity contribution is 5.21. The third-order valence-corrected chi connectivity index (χ3v) is 13.6. The highest BCUT2D eigenvalue weighted by atomic mass is 16.3. The molecule has 0 radical (unpaired) electrons. The highest BCUT2D eigenvalue weighted by Crippen LogP contribution is 2.76. The predicted octanol–water partition coefficient (Wildman–Crippen LogP) is 8.02. The fourth-order valence-corrected chi connectivity index (χ4v) is 11.4. The van der Waals surface area contributed by atoms with Crippen LogP contribution in [0.1, 0.15) is 113 Å². The van der Waals surface area contributed by atoms with Gasteiger partial charge in [0.2, 0.25) is 0 Å². The molecule has 0 heterocycles. The number of rotatable bonds is 0. The number of hydrogen-bond acceptors (Lipinski definition) is 1. The Morgan fingerprint density at radius 3 is 2.19 bits per heavy atom. The van der Waals surface area contributed by atoms with E-state index in [4.69, 9.17) is 0 Å². The molecule has 5 fully saturated rings. The van der Waals surface area contributed by atoms with E-state index < -0.39 is 0 Å². The zero-order valence-corrected chi connectivity index (χ0v) is 21.7. The lowest BCUT2D eigenvalue weighted by Crippen LogP contribution is -2.67. The maximum Gasteiger partial charge on any atom is 0.0594 e. The maximum atomic E-state index is 10.9. The normalized spacial score (nSPS) is 58.5. The Labute approximate surface area is 192 Å². The first-order valence-electron chi connectivity index (χ1n) is 13.7. The molecule has 0 aliphatic heterocycles. The van der Waals surface area contributed by atoms with E-state index >= 15 is 0 Å². The van der Waals surface area contributed by atoms with Crippen molar-refractivity contribution in [3.63, 3.8) is 0 Å². The molecular weight excluding hydrogens is 376 g/mol. The molecule has 0 bridgehead atoms. The summed E-state index contributed by atoms with van der Waals surface area (Å²) in [5.41, 5.74) is 3.43. The van der Waals surface area contributed by atoms with Crippen LogP contribution in [0.25, 0.3) is 0 Å². The van der Waals surface area contributed by atoms with Gasteiger partial charge in [-0.25, -0.2) is 0 Å². The topological polar surface area (TPSA) is 20.2 Å². The van der Waals surface area contributed by atoms with E-state index in [-0.39, 0.29) is 11.5 Å². The zero-order valence-electron chi connectivity index (χ0n) is 21.7. The molecule has 0 aromatic carbocycles. The molecule has 5 rings (SSSR count). The minimum Gasteiger partial charge on any atom is -0.393 e. The first kappa shape index (κ1) is 22.5. The summed E-state index contributed by atoms with van der Waals surface area (Å²) in [7, 11) is 0. The minimum absolute atomic E-state index is 0.0623. The number of hydrogen-bond donors (Lipinski definition) is 1. The van der Waals surface area contributed by atoms with E-state index in [1.807, 2.05) is 0 Å². The van der Waals surface area contributed by atoms with Gasteiger partial charge < -0.3 is 5.11 Å². The second-order valence-electron chi connectivity index (χ2n) is 14.7. The van der Waals surface area contributed by atoms with E-state index in [2.05, 4.69) is 55.0 Å². The second-order valence-corrected chi connectivity index (χ2v) is 14.7. The number of allylic oxidation sites excluding steroid dienone is 1. The Hall–Kier alpha value is -0.300. The van der Waals surface area contributed by atoms with Gasteiger partial charge in [0.15, 0.2) is 0 Å². The van der Waals surface area contributed by atoms with Gasteiger partial charge in [0.05, 0.1) is 6.10 Å². The summed E-state index contributed by atoms with van der Waals surface area (Å²) in [5, 5.41) is 10.9. The van der Waals surface area contributed by atoms with Gasteiger partial charge in [0, 0.05) is 0 Å². The van der Waals surface area contributed by atoms with Gasteiger partial charge in [-0.1, -0.05) is 60.6 Å². The van der Waals surface area contributed by atoms with Crippen molar-refractivity contribution in [3.8, 4) is 0 Å². The summed E-state index contributed by atoms with van der Waals surface area (Å²) in [6.07, 6.45) is 13.2. The van der Waals surface area contributed by atoms with Crippen LogP contribution in [0.2, 0.25) is 0 Å². The molecule has 0 spiro atoms. The van der Waals surface area contributed by atoms with Crippen molar-refractivity contribution < 1.29 is 5.11 Å². The first-order chi connectivity index (χ1) is 14.3. The van der Waals surface area contributed by atoms with Gasteiger partial charge in [-0.3, -0.25) is 0 Å². The van der Waals surface area contributed by atoms with E-state index in [0.717, 1.165) is 24.2 Å². The fourth-order valence-electron chi connectivity index (χ4n) is 11.4. The molecule has 0 amide bonds. The smallest absolute Gasteiger partial charge is 0.0594 e. The molecular formula is C30H50O. The van der Waals surface area contributed by atoms with Gasteiger partial charge in [-0.2, -0.15) is 0 Å². The van der Waals surface area contributed by atoms with Crippen LogP contribution in [0.5, 0.6) is 0 Å². The standard InChI is InChI=1S/C30H50O/c1-19-11-14-27(5)17-18-29(7)21(25(27)20(19)2)9-10-23-28(6)15-13-24(31)26(3,4)22(28)12-16-30(23,29)8/h20-25,31H,1,9-18H2,2-8H3/t20-,21-,22+,23+,24+,25-,27-,28-,29-,30-/m1/s1. The van der Waals surface area contributed by atoms with Crippen LogP contribution in [-0.4, -0.2) is 11.2 Å². The van der Waals surface area contributed by atoms with Crippen molar-refractivity contribution in [1.82, 2.24) is 0 Å². The molecule has 31 heavy (non-hydrogen) atoms. The third kappa shape index (κ3) is 2.65. The van der Waals surface area contributed by atoms with E-state index in [9.17, 15) is 5.11 Å². The summed E-state index contributed by atoms with van der Waals surface area (Å²) < 4.78 is 0. The zero-order chi connectivity index (χ0) is 22.6. The molecule has 1 N–H and O–H groups in total. The molecule has 10 atom stereocenters. The van der Waals surface area contributed by atoms with Gasteiger partial charge in [0.1, 0.15) is 0 Å². The van der Waals surface area contributed by atoms with Crippen LogP contribution >= 0.6 is 0 Å². The largest absolute Gasteiger partial charge is 0.393 e. The lowest BCUT2D eigenvalue weighted by molar-refractivity contribution is -0.251. The van der Waals surface area contributed by atoms with Crippen molar-refractivity contribution in [2.45, 2.75) is 119 Å². The Kier molecular flexibility index (Phi) is 4.82. The van der Waals surface area contributed by atoms with Crippen molar-refractivity contribution in [3.05, 3.63) is 12.2 Å². The molecule has 0 unspecified atom stereocenters. The molecule has 0 aromatic heterocycles. The average Bonchev–Trinajstić information content (AvgIpc) is 2.69. The Morgan fingerprint density at radius 1 is 0.774 bits per heavy atom. The quantitative estimate of drug-likeness (QED) is 0.389. The van der Waals surface area contributed by atoms with E-state index in [1.54, 1.807) is 0 Å².